The zero-order valence-corrected chi connectivity index (χ0v) is 22.0. The standard InChI is InChI=1S/C35H21ClN4/c36-35-38-33(23-11-2-1-3-12-23)37-34(39-35)29-20-21-31(26-15-7-6-14-25(26)29)40-30-17-9-8-16-27(30)28-19-18-22-10-4-5-13-24(22)32(28)40/h1-21H. The lowest BCUT2D eigenvalue weighted by Crippen LogP contribution is -2.00. The van der Waals surface area contributed by atoms with Crippen LogP contribution in [0.2, 0.25) is 5.28 Å². The van der Waals surface area contributed by atoms with Gasteiger partial charge in [-0.1, -0.05) is 109 Å². The number of aromatic nitrogens is 4. The molecule has 0 aliphatic heterocycles. The topological polar surface area (TPSA) is 43.6 Å². The van der Waals surface area contributed by atoms with Crippen LogP contribution >= 0.6 is 11.6 Å². The summed E-state index contributed by atoms with van der Waals surface area (Å²) in [5.74, 6) is 1.10. The number of hydrogen-bond donors (Lipinski definition) is 0. The summed E-state index contributed by atoms with van der Waals surface area (Å²) in [4.78, 5) is 13.8. The van der Waals surface area contributed by atoms with Gasteiger partial charge in [-0.05, 0) is 40.6 Å². The molecule has 188 valence electrons. The molecular weight excluding hydrogens is 512 g/mol. The molecule has 0 unspecified atom stereocenters. The third-order valence-corrected chi connectivity index (χ3v) is 7.75. The molecular formula is C35H21ClN4. The number of halogens is 1. The van der Waals surface area contributed by atoms with Crippen molar-refractivity contribution in [2.24, 2.45) is 0 Å². The van der Waals surface area contributed by atoms with Gasteiger partial charge in [0.1, 0.15) is 0 Å². The van der Waals surface area contributed by atoms with Gasteiger partial charge in [-0.3, -0.25) is 0 Å². The molecule has 8 aromatic rings. The molecule has 5 heteroatoms. The Morgan fingerprint density at radius 1 is 0.475 bits per heavy atom. The molecule has 2 heterocycles. The largest absolute Gasteiger partial charge is 0.308 e. The highest BCUT2D eigenvalue weighted by molar-refractivity contribution is 6.28. The van der Waals surface area contributed by atoms with Crippen LogP contribution in [-0.4, -0.2) is 19.5 Å². The van der Waals surface area contributed by atoms with E-state index in [-0.39, 0.29) is 5.28 Å². The van der Waals surface area contributed by atoms with Crippen molar-refractivity contribution in [1.82, 2.24) is 19.5 Å². The number of hydrogen-bond acceptors (Lipinski definition) is 3. The van der Waals surface area contributed by atoms with E-state index >= 15 is 0 Å². The highest BCUT2D eigenvalue weighted by Crippen LogP contribution is 2.40. The molecule has 0 aliphatic rings. The predicted molar refractivity (Wildman–Crippen MR) is 165 cm³/mol. The van der Waals surface area contributed by atoms with Crippen molar-refractivity contribution in [1.29, 1.82) is 0 Å². The maximum Gasteiger partial charge on any atom is 0.226 e. The molecule has 0 saturated carbocycles. The second-order valence-electron chi connectivity index (χ2n) is 9.83. The fourth-order valence-corrected chi connectivity index (χ4v) is 6.00. The Bertz CT molecular complexity index is 2240. The van der Waals surface area contributed by atoms with E-state index in [1.807, 2.05) is 30.3 Å². The van der Waals surface area contributed by atoms with E-state index in [1.165, 1.54) is 32.6 Å². The number of benzene rings is 6. The minimum Gasteiger partial charge on any atom is -0.308 e. The van der Waals surface area contributed by atoms with Crippen LogP contribution in [0.15, 0.2) is 127 Å². The average molecular weight is 533 g/mol. The molecule has 8 rings (SSSR count). The lowest BCUT2D eigenvalue weighted by atomic mass is 10.0. The summed E-state index contributed by atoms with van der Waals surface area (Å²) in [7, 11) is 0. The Balaban J connectivity index is 1.44. The van der Waals surface area contributed by atoms with E-state index in [2.05, 4.69) is 112 Å². The smallest absolute Gasteiger partial charge is 0.226 e. The first-order valence-corrected chi connectivity index (χ1v) is 13.5. The van der Waals surface area contributed by atoms with Gasteiger partial charge < -0.3 is 4.57 Å². The third kappa shape index (κ3) is 3.50. The van der Waals surface area contributed by atoms with Crippen LogP contribution in [0.5, 0.6) is 0 Å². The van der Waals surface area contributed by atoms with Crippen LogP contribution in [0, 0.1) is 0 Å². The quantitative estimate of drug-likeness (QED) is 0.228. The average Bonchev–Trinajstić information content (AvgIpc) is 3.35. The van der Waals surface area contributed by atoms with Gasteiger partial charge in [-0.2, -0.15) is 9.97 Å². The zero-order chi connectivity index (χ0) is 26.6. The molecule has 0 saturated heterocycles. The maximum atomic E-state index is 6.43. The highest BCUT2D eigenvalue weighted by Gasteiger charge is 2.19. The normalized spacial score (nSPS) is 11.6. The number of rotatable bonds is 3. The first kappa shape index (κ1) is 22.9. The molecule has 2 aromatic heterocycles. The van der Waals surface area contributed by atoms with Crippen LogP contribution in [-0.2, 0) is 0 Å². The molecule has 0 bridgehead atoms. The molecule has 0 amide bonds. The van der Waals surface area contributed by atoms with Gasteiger partial charge >= 0.3 is 0 Å². The molecule has 40 heavy (non-hydrogen) atoms. The zero-order valence-electron chi connectivity index (χ0n) is 21.3. The fourth-order valence-electron chi connectivity index (χ4n) is 5.84. The molecule has 4 nitrogen and oxygen atoms in total. The van der Waals surface area contributed by atoms with E-state index in [9.17, 15) is 0 Å². The first-order valence-electron chi connectivity index (χ1n) is 13.2. The molecule has 0 N–H and O–H groups in total. The third-order valence-electron chi connectivity index (χ3n) is 7.58. The van der Waals surface area contributed by atoms with Crippen LogP contribution in [0.4, 0.5) is 0 Å². The first-order chi connectivity index (χ1) is 19.8. The second-order valence-corrected chi connectivity index (χ2v) is 10.2. The predicted octanol–water partition coefficient (Wildman–Crippen LogP) is 9.26. The van der Waals surface area contributed by atoms with Crippen LogP contribution < -0.4 is 0 Å². The van der Waals surface area contributed by atoms with E-state index in [0.717, 1.165) is 27.6 Å². The van der Waals surface area contributed by atoms with Gasteiger partial charge in [0.05, 0.1) is 16.7 Å². The van der Waals surface area contributed by atoms with Crippen molar-refractivity contribution >= 4 is 55.0 Å². The van der Waals surface area contributed by atoms with Crippen molar-refractivity contribution in [3.63, 3.8) is 0 Å². The van der Waals surface area contributed by atoms with Crippen molar-refractivity contribution in [2.45, 2.75) is 0 Å². The summed E-state index contributed by atoms with van der Waals surface area (Å²) in [6.07, 6.45) is 0. The van der Waals surface area contributed by atoms with Crippen molar-refractivity contribution in [3.05, 3.63) is 133 Å². The van der Waals surface area contributed by atoms with E-state index < -0.39 is 0 Å². The Morgan fingerprint density at radius 2 is 1.15 bits per heavy atom. The van der Waals surface area contributed by atoms with Crippen LogP contribution in [0.3, 0.4) is 0 Å². The van der Waals surface area contributed by atoms with Gasteiger partial charge in [-0.15, -0.1) is 0 Å². The lowest BCUT2D eigenvalue weighted by molar-refractivity contribution is 1.07. The van der Waals surface area contributed by atoms with E-state index in [0.29, 0.717) is 11.6 Å². The van der Waals surface area contributed by atoms with Gasteiger partial charge in [0.2, 0.25) is 5.28 Å². The Labute approximate surface area is 235 Å². The summed E-state index contributed by atoms with van der Waals surface area (Å²) in [5, 5.41) is 7.23. The fraction of sp³-hybridized carbons (Fsp3) is 0. The summed E-state index contributed by atoms with van der Waals surface area (Å²) in [6.45, 7) is 0. The number of nitrogens with zero attached hydrogens (tertiary/aromatic N) is 4. The minimum atomic E-state index is 0.172. The second kappa shape index (κ2) is 9.01. The summed E-state index contributed by atoms with van der Waals surface area (Å²) in [5.41, 5.74) is 5.27. The van der Waals surface area contributed by atoms with E-state index in [4.69, 9.17) is 16.6 Å². The number of fused-ring (bicyclic) bond motifs is 6. The van der Waals surface area contributed by atoms with Gasteiger partial charge in [0, 0.05) is 32.7 Å². The Hall–Kier alpha value is -5.06. The number of para-hydroxylation sites is 1. The van der Waals surface area contributed by atoms with Crippen LogP contribution in [0.25, 0.3) is 71.8 Å². The Morgan fingerprint density at radius 3 is 2.00 bits per heavy atom. The van der Waals surface area contributed by atoms with Gasteiger partial charge in [0.15, 0.2) is 11.6 Å². The molecule has 0 spiro atoms. The maximum absolute atomic E-state index is 6.43. The molecule has 0 atom stereocenters. The van der Waals surface area contributed by atoms with Crippen molar-refractivity contribution < 1.29 is 0 Å². The van der Waals surface area contributed by atoms with Gasteiger partial charge in [0.25, 0.3) is 0 Å². The molecule has 0 fully saturated rings. The Kier molecular flexibility index (Phi) is 5.15. The minimum absolute atomic E-state index is 0.172. The van der Waals surface area contributed by atoms with Crippen LogP contribution in [0.1, 0.15) is 0 Å². The summed E-state index contributed by atoms with van der Waals surface area (Å²) in [6, 6.07) is 44.2. The SMILES string of the molecule is Clc1nc(-c2ccccc2)nc(-c2ccc(-n3c4ccccc4c4ccc5ccccc5c43)c3ccccc23)n1. The molecule has 6 aromatic carbocycles. The molecule has 0 radical (unpaired) electrons. The summed E-state index contributed by atoms with van der Waals surface area (Å²) < 4.78 is 2.40. The van der Waals surface area contributed by atoms with Crippen molar-refractivity contribution in [3.8, 4) is 28.5 Å². The molecule has 0 aliphatic carbocycles. The highest BCUT2D eigenvalue weighted by atomic mass is 35.5. The summed E-state index contributed by atoms with van der Waals surface area (Å²) >= 11 is 6.43. The monoisotopic (exact) mass is 532 g/mol. The lowest BCUT2D eigenvalue weighted by Gasteiger charge is -2.15. The van der Waals surface area contributed by atoms with Crippen molar-refractivity contribution in [2.75, 3.05) is 0 Å². The van der Waals surface area contributed by atoms with E-state index in [1.54, 1.807) is 0 Å². The van der Waals surface area contributed by atoms with Gasteiger partial charge in [-0.25, -0.2) is 4.98 Å².